The molecule has 0 radical (unpaired) electrons. The number of nitrogens with zero attached hydrogens (tertiary/aromatic N) is 1. The summed E-state index contributed by atoms with van der Waals surface area (Å²) in [6.07, 6.45) is 0.421. The first-order valence-electron chi connectivity index (χ1n) is 6.83. The van der Waals surface area contributed by atoms with Crippen LogP contribution in [0, 0.1) is 25.2 Å². The lowest BCUT2D eigenvalue weighted by Crippen LogP contribution is -2.16. The number of thiophene rings is 1. The zero-order valence-corrected chi connectivity index (χ0v) is 14.4. The highest BCUT2D eigenvalue weighted by Gasteiger charge is 2.22. The number of hydrogen-bond acceptors (Lipinski definition) is 5. The Hall–Kier alpha value is -2.01. The number of carbonyl (C=O) groups excluding carboxylic acids is 1. The van der Waals surface area contributed by atoms with E-state index in [1.807, 2.05) is 26.0 Å². The number of Topliss-reactive ketones (excluding diaryl/α,β-unsaturated/α-hetero) is 1. The Morgan fingerprint density at radius 2 is 1.91 bits per heavy atom. The average molecular weight is 348 g/mol. The van der Waals surface area contributed by atoms with Crippen LogP contribution in [-0.2, 0) is 22.9 Å². The lowest BCUT2D eigenvalue weighted by Gasteiger charge is -2.11. The molecule has 0 bridgehead atoms. The molecule has 1 aromatic heterocycles. The molecule has 2 N–H and O–H groups in total. The van der Waals surface area contributed by atoms with Crippen LogP contribution in [0.15, 0.2) is 28.5 Å². The van der Waals surface area contributed by atoms with E-state index in [1.54, 1.807) is 5.38 Å². The summed E-state index contributed by atoms with van der Waals surface area (Å²) in [6.45, 7) is 3.76. The van der Waals surface area contributed by atoms with Gasteiger partial charge >= 0.3 is 0 Å². The van der Waals surface area contributed by atoms with Gasteiger partial charge in [0.1, 0.15) is 4.90 Å². The molecule has 1 heterocycles. The number of rotatable bonds is 5. The molecule has 120 valence electrons. The highest BCUT2D eigenvalue weighted by molar-refractivity contribution is 7.89. The van der Waals surface area contributed by atoms with E-state index in [1.165, 1.54) is 6.07 Å². The Labute approximate surface area is 139 Å². The van der Waals surface area contributed by atoms with Gasteiger partial charge in [-0.15, -0.1) is 11.3 Å². The smallest absolute Gasteiger partial charge is 0.239 e. The summed E-state index contributed by atoms with van der Waals surface area (Å²) < 4.78 is 23.0. The molecular weight excluding hydrogens is 332 g/mol. The molecule has 0 fully saturated rings. The third kappa shape index (κ3) is 3.85. The maximum atomic E-state index is 12.5. The number of primary sulfonamides is 1. The number of nitriles is 1. The van der Waals surface area contributed by atoms with E-state index in [2.05, 4.69) is 6.07 Å². The van der Waals surface area contributed by atoms with Crippen molar-refractivity contribution in [2.24, 2.45) is 5.14 Å². The standard InChI is InChI=1S/C16H16N2O3S2/c1-10-7-12(3-5-17)8-11(2)13(10)9-14(19)16-15(4-6-22-16)23(18,20)21/h4,6-8H,3,9H2,1-2H3,(H2,18,20,21). The summed E-state index contributed by atoms with van der Waals surface area (Å²) in [4.78, 5) is 12.5. The van der Waals surface area contributed by atoms with Crippen molar-refractivity contribution >= 4 is 27.1 Å². The fourth-order valence-electron chi connectivity index (χ4n) is 2.52. The average Bonchev–Trinajstić information content (AvgIpc) is 2.92. The molecule has 0 saturated carbocycles. The van der Waals surface area contributed by atoms with Crippen molar-refractivity contribution in [3.63, 3.8) is 0 Å². The first-order valence-corrected chi connectivity index (χ1v) is 9.26. The summed E-state index contributed by atoms with van der Waals surface area (Å²) in [6, 6.07) is 7.22. The van der Waals surface area contributed by atoms with Crippen LogP contribution in [0.1, 0.15) is 31.9 Å². The predicted octanol–water partition coefficient (Wildman–Crippen LogP) is 2.50. The minimum Gasteiger partial charge on any atom is -0.293 e. The SMILES string of the molecule is Cc1cc(CC#N)cc(C)c1CC(=O)c1sccc1S(N)(=O)=O. The van der Waals surface area contributed by atoms with Gasteiger partial charge in [0.2, 0.25) is 10.0 Å². The molecule has 23 heavy (non-hydrogen) atoms. The van der Waals surface area contributed by atoms with Gasteiger partial charge in [-0.05, 0) is 47.5 Å². The molecular formula is C16H16N2O3S2. The lowest BCUT2D eigenvalue weighted by molar-refractivity contribution is 0.0993. The Kier molecular flexibility index (Phi) is 5.00. The molecule has 2 aromatic rings. The van der Waals surface area contributed by atoms with Gasteiger partial charge in [0.25, 0.3) is 0 Å². The molecule has 5 nitrogen and oxygen atoms in total. The van der Waals surface area contributed by atoms with Gasteiger partial charge in [-0.1, -0.05) is 12.1 Å². The number of aryl methyl sites for hydroxylation is 2. The monoisotopic (exact) mass is 348 g/mol. The summed E-state index contributed by atoms with van der Waals surface area (Å²) in [5.41, 5.74) is 3.58. The Bertz CT molecular complexity index is 883. The second-order valence-corrected chi connectivity index (χ2v) is 7.75. The summed E-state index contributed by atoms with van der Waals surface area (Å²) in [7, 11) is -3.91. The number of hydrogen-bond donors (Lipinski definition) is 1. The molecule has 0 aliphatic heterocycles. The zero-order chi connectivity index (χ0) is 17.2. The number of carbonyl (C=O) groups is 1. The van der Waals surface area contributed by atoms with Gasteiger partial charge in [0, 0.05) is 6.42 Å². The molecule has 0 amide bonds. The molecule has 0 unspecified atom stereocenters. The molecule has 0 saturated heterocycles. The summed E-state index contributed by atoms with van der Waals surface area (Å²) in [5.74, 6) is -0.275. The molecule has 2 rings (SSSR count). The highest BCUT2D eigenvalue weighted by Crippen LogP contribution is 2.25. The number of ketones is 1. The zero-order valence-electron chi connectivity index (χ0n) is 12.8. The van der Waals surface area contributed by atoms with E-state index < -0.39 is 10.0 Å². The van der Waals surface area contributed by atoms with Crippen LogP contribution >= 0.6 is 11.3 Å². The van der Waals surface area contributed by atoms with Crippen LogP contribution in [-0.4, -0.2) is 14.2 Å². The van der Waals surface area contributed by atoms with Crippen LogP contribution in [0.4, 0.5) is 0 Å². The van der Waals surface area contributed by atoms with E-state index in [9.17, 15) is 13.2 Å². The first-order chi connectivity index (χ1) is 10.7. The van der Waals surface area contributed by atoms with Crippen molar-refractivity contribution in [3.8, 4) is 6.07 Å². The van der Waals surface area contributed by atoms with Crippen molar-refractivity contribution in [3.05, 3.63) is 50.7 Å². The summed E-state index contributed by atoms with van der Waals surface area (Å²) >= 11 is 1.07. The van der Waals surface area contributed by atoms with Gasteiger partial charge in [0.15, 0.2) is 5.78 Å². The predicted molar refractivity (Wildman–Crippen MR) is 89.0 cm³/mol. The van der Waals surface area contributed by atoms with Gasteiger partial charge in [-0.25, -0.2) is 13.6 Å². The van der Waals surface area contributed by atoms with Crippen molar-refractivity contribution in [2.45, 2.75) is 31.6 Å². The highest BCUT2D eigenvalue weighted by atomic mass is 32.2. The van der Waals surface area contributed by atoms with Crippen LogP contribution in [0.2, 0.25) is 0 Å². The maximum Gasteiger partial charge on any atom is 0.239 e. The Balaban J connectivity index is 2.36. The quantitative estimate of drug-likeness (QED) is 0.839. The van der Waals surface area contributed by atoms with E-state index in [0.29, 0.717) is 6.42 Å². The number of benzene rings is 1. The minimum absolute atomic E-state index is 0.105. The molecule has 7 heteroatoms. The van der Waals surface area contributed by atoms with E-state index in [0.717, 1.165) is 33.6 Å². The van der Waals surface area contributed by atoms with Crippen LogP contribution in [0.5, 0.6) is 0 Å². The van der Waals surface area contributed by atoms with Crippen molar-refractivity contribution in [1.29, 1.82) is 5.26 Å². The fourth-order valence-corrected chi connectivity index (χ4v) is 4.46. The second kappa shape index (κ2) is 6.62. The molecule has 0 aliphatic rings. The van der Waals surface area contributed by atoms with Crippen LogP contribution in [0.3, 0.4) is 0 Å². The van der Waals surface area contributed by atoms with Gasteiger partial charge < -0.3 is 0 Å². The first kappa shape index (κ1) is 17.3. The molecule has 0 atom stereocenters. The molecule has 0 aliphatic carbocycles. The van der Waals surface area contributed by atoms with E-state index >= 15 is 0 Å². The summed E-state index contributed by atoms with van der Waals surface area (Å²) in [5, 5.41) is 15.5. The Morgan fingerprint density at radius 1 is 1.30 bits per heavy atom. The minimum atomic E-state index is -3.91. The van der Waals surface area contributed by atoms with Crippen LogP contribution in [0.25, 0.3) is 0 Å². The van der Waals surface area contributed by atoms with Gasteiger partial charge in [-0.2, -0.15) is 5.26 Å². The second-order valence-electron chi connectivity index (χ2n) is 5.30. The normalized spacial score (nSPS) is 11.2. The van der Waals surface area contributed by atoms with Crippen molar-refractivity contribution in [2.75, 3.05) is 0 Å². The van der Waals surface area contributed by atoms with E-state index in [-0.39, 0.29) is 22.0 Å². The maximum absolute atomic E-state index is 12.5. The number of sulfonamides is 1. The lowest BCUT2D eigenvalue weighted by atomic mass is 9.94. The van der Waals surface area contributed by atoms with Crippen molar-refractivity contribution in [1.82, 2.24) is 0 Å². The number of nitrogens with two attached hydrogens (primary N) is 1. The van der Waals surface area contributed by atoms with Crippen molar-refractivity contribution < 1.29 is 13.2 Å². The third-order valence-electron chi connectivity index (χ3n) is 3.57. The largest absolute Gasteiger partial charge is 0.293 e. The Morgan fingerprint density at radius 3 is 2.43 bits per heavy atom. The fraction of sp³-hybridized carbons (Fsp3) is 0.250. The molecule has 1 aromatic carbocycles. The molecule has 0 spiro atoms. The van der Waals surface area contributed by atoms with Crippen LogP contribution < -0.4 is 5.14 Å². The van der Waals surface area contributed by atoms with Gasteiger partial charge in [0.05, 0.1) is 17.4 Å². The van der Waals surface area contributed by atoms with Gasteiger partial charge in [-0.3, -0.25) is 4.79 Å². The topological polar surface area (TPSA) is 101 Å². The van der Waals surface area contributed by atoms with E-state index in [4.69, 9.17) is 10.4 Å². The third-order valence-corrected chi connectivity index (χ3v) is 5.60.